The van der Waals surface area contributed by atoms with Crippen LogP contribution in [0.15, 0.2) is 0 Å². The van der Waals surface area contributed by atoms with Crippen LogP contribution in [-0.2, 0) is 0 Å². The van der Waals surface area contributed by atoms with Crippen molar-refractivity contribution in [1.29, 1.82) is 0 Å². The van der Waals surface area contributed by atoms with Gasteiger partial charge in [-0.15, -0.1) is 10.2 Å². The lowest BCUT2D eigenvalue weighted by Gasteiger charge is -2.09. The molecule has 0 saturated heterocycles. The second-order valence-corrected chi connectivity index (χ2v) is 5.22. The van der Waals surface area contributed by atoms with Crippen molar-refractivity contribution < 1.29 is 5.11 Å². The first kappa shape index (κ1) is 10.1. The standard InChI is InChI=1S/C9H13N5OS/c1-4(15)6(10)8-13-14-7(5-2-3-5)11-12-9(14)16-8/h4-6,15H,2-3,10H2,1H3. The second kappa shape index (κ2) is 3.47. The molecule has 0 bridgehead atoms. The molecule has 1 fully saturated rings. The fourth-order valence-corrected chi connectivity index (χ4v) is 2.53. The molecule has 2 unspecified atom stereocenters. The second-order valence-electron chi connectivity index (χ2n) is 4.23. The Kier molecular flexibility index (Phi) is 2.20. The fourth-order valence-electron chi connectivity index (χ4n) is 1.58. The molecule has 2 atom stereocenters. The number of nitrogens with two attached hydrogens (primary N) is 1. The molecular weight excluding hydrogens is 226 g/mol. The highest BCUT2D eigenvalue weighted by Crippen LogP contribution is 2.39. The number of rotatable bonds is 3. The van der Waals surface area contributed by atoms with Crippen LogP contribution in [0.1, 0.15) is 42.6 Å². The Morgan fingerprint density at radius 3 is 2.88 bits per heavy atom. The van der Waals surface area contributed by atoms with Gasteiger partial charge in [-0.3, -0.25) is 0 Å². The van der Waals surface area contributed by atoms with Gasteiger partial charge in [0.1, 0.15) is 5.01 Å². The topological polar surface area (TPSA) is 89.3 Å². The van der Waals surface area contributed by atoms with E-state index in [4.69, 9.17) is 5.73 Å². The normalized spacial score (nSPS) is 20.2. The molecule has 1 aliphatic rings. The molecule has 0 amide bonds. The lowest BCUT2D eigenvalue weighted by Crippen LogP contribution is -2.23. The number of fused-ring (bicyclic) bond motifs is 1. The first-order chi connectivity index (χ1) is 7.66. The maximum absolute atomic E-state index is 9.42. The third-order valence-electron chi connectivity index (χ3n) is 2.78. The van der Waals surface area contributed by atoms with E-state index < -0.39 is 12.1 Å². The monoisotopic (exact) mass is 239 g/mol. The molecule has 2 aromatic rings. The summed E-state index contributed by atoms with van der Waals surface area (Å²) in [5.41, 5.74) is 5.84. The van der Waals surface area contributed by atoms with E-state index in [1.807, 2.05) is 0 Å². The highest BCUT2D eigenvalue weighted by atomic mass is 32.1. The minimum absolute atomic E-state index is 0.446. The van der Waals surface area contributed by atoms with Crippen LogP contribution in [0.2, 0.25) is 0 Å². The summed E-state index contributed by atoms with van der Waals surface area (Å²) in [6, 6.07) is -0.446. The lowest BCUT2D eigenvalue weighted by molar-refractivity contribution is 0.163. The van der Waals surface area contributed by atoms with Crippen LogP contribution in [0.4, 0.5) is 0 Å². The minimum Gasteiger partial charge on any atom is -0.391 e. The summed E-state index contributed by atoms with van der Waals surface area (Å²) < 4.78 is 1.76. The highest BCUT2D eigenvalue weighted by Gasteiger charge is 2.30. The predicted molar refractivity (Wildman–Crippen MR) is 59.2 cm³/mol. The third-order valence-corrected chi connectivity index (χ3v) is 3.78. The molecule has 1 aliphatic carbocycles. The van der Waals surface area contributed by atoms with Crippen LogP contribution >= 0.6 is 11.3 Å². The summed E-state index contributed by atoms with van der Waals surface area (Å²) in [7, 11) is 0. The average Bonchev–Trinajstić information content (AvgIpc) is 2.88. The quantitative estimate of drug-likeness (QED) is 0.811. The van der Waals surface area contributed by atoms with E-state index in [1.54, 1.807) is 11.4 Å². The molecular formula is C9H13N5OS. The molecule has 3 rings (SSSR count). The smallest absolute Gasteiger partial charge is 0.234 e. The summed E-state index contributed by atoms with van der Waals surface area (Å²) in [6.45, 7) is 1.66. The van der Waals surface area contributed by atoms with Gasteiger partial charge in [0.15, 0.2) is 5.82 Å². The summed E-state index contributed by atoms with van der Waals surface area (Å²) in [5, 5.41) is 22.7. The van der Waals surface area contributed by atoms with Gasteiger partial charge < -0.3 is 10.8 Å². The van der Waals surface area contributed by atoms with Gasteiger partial charge in [0.05, 0.1) is 12.1 Å². The molecule has 0 aromatic carbocycles. The van der Waals surface area contributed by atoms with E-state index in [9.17, 15) is 5.11 Å². The van der Waals surface area contributed by atoms with Crippen LogP contribution in [0, 0.1) is 0 Å². The highest BCUT2D eigenvalue weighted by molar-refractivity contribution is 7.16. The van der Waals surface area contributed by atoms with Gasteiger partial charge in [-0.25, -0.2) is 0 Å². The van der Waals surface area contributed by atoms with Crippen molar-refractivity contribution in [1.82, 2.24) is 19.8 Å². The van der Waals surface area contributed by atoms with Gasteiger partial charge in [0.2, 0.25) is 4.96 Å². The summed E-state index contributed by atoms with van der Waals surface area (Å²) in [4.78, 5) is 0.757. The van der Waals surface area contributed by atoms with Crippen LogP contribution in [0.25, 0.3) is 4.96 Å². The van der Waals surface area contributed by atoms with E-state index in [0.29, 0.717) is 10.9 Å². The van der Waals surface area contributed by atoms with Crippen molar-refractivity contribution in [3.8, 4) is 0 Å². The Hall–Kier alpha value is -1.05. The Balaban J connectivity index is 2.02. The predicted octanol–water partition coefficient (Wildman–Crippen LogP) is 0.444. The number of aliphatic hydroxyl groups is 1. The Bertz CT molecular complexity index is 515. The number of nitrogens with zero attached hydrogens (tertiary/aromatic N) is 4. The Morgan fingerprint density at radius 2 is 2.25 bits per heavy atom. The van der Waals surface area contributed by atoms with Gasteiger partial charge in [-0.1, -0.05) is 11.3 Å². The summed E-state index contributed by atoms with van der Waals surface area (Å²) in [6.07, 6.45) is 1.72. The van der Waals surface area contributed by atoms with Gasteiger partial charge in [0.25, 0.3) is 0 Å². The SMILES string of the molecule is CC(O)C(N)c1nn2c(C3CC3)nnc2s1. The van der Waals surface area contributed by atoms with Gasteiger partial charge in [0, 0.05) is 5.92 Å². The molecule has 7 heteroatoms. The van der Waals surface area contributed by atoms with Gasteiger partial charge in [-0.2, -0.15) is 9.61 Å². The van der Waals surface area contributed by atoms with Crippen molar-refractivity contribution >= 4 is 16.3 Å². The number of hydrogen-bond donors (Lipinski definition) is 2. The number of aromatic nitrogens is 4. The molecule has 16 heavy (non-hydrogen) atoms. The van der Waals surface area contributed by atoms with Crippen LogP contribution < -0.4 is 5.73 Å². The Labute approximate surface area is 96.1 Å². The van der Waals surface area contributed by atoms with E-state index in [2.05, 4.69) is 15.3 Å². The van der Waals surface area contributed by atoms with Crippen molar-refractivity contribution in [3.05, 3.63) is 10.8 Å². The van der Waals surface area contributed by atoms with E-state index in [0.717, 1.165) is 23.6 Å². The zero-order valence-electron chi connectivity index (χ0n) is 8.87. The average molecular weight is 239 g/mol. The van der Waals surface area contributed by atoms with Gasteiger partial charge in [-0.05, 0) is 19.8 Å². The summed E-state index contributed by atoms with van der Waals surface area (Å²) in [5.74, 6) is 1.43. The number of hydrogen-bond acceptors (Lipinski definition) is 6. The number of aliphatic hydroxyl groups excluding tert-OH is 1. The first-order valence-corrected chi connectivity index (χ1v) is 6.14. The Morgan fingerprint density at radius 1 is 1.50 bits per heavy atom. The molecule has 2 aromatic heterocycles. The van der Waals surface area contributed by atoms with Crippen LogP contribution in [0.3, 0.4) is 0 Å². The molecule has 1 saturated carbocycles. The van der Waals surface area contributed by atoms with Crippen LogP contribution in [-0.4, -0.2) is 31.0 Å². The van der Waals surface area contributed by atoms with E-state index in [1.165, 1.54) is 11.3 Å². The largest absolute Gasteiger partial charge is 0.391 e. The zero-order valence-corrected chi connectivity index (χ0v) is 9.68. The van der Waals surface area contributed by atoms with Crippen molar-refractivity contribution in [2.45, 2.75) is 37.8 Å². The van der Waals surface area contributed by atoms with E-state index >= 15 is 0 Å². The minimum atomic E-state index is -0.604. The van der Waals surface area contributed by atoms with Crippen molar-refractivity contribution in [2.24, 2.45) is 5.73 Å². The molecule has 2 heterocycles. The molecule has 0 aliphatic heterocycles. The maximum atomic E-state index is 9.42. The first-order valence-electron chi connectivity index (χ1n) is 5.32. The molecule has 86 valence electrons. The van der Waals surface area contributed by atoms with E-state index in [-0.39, 0.29) is 0 Å². The van der Waals surface area contributed by atoms with Crippen molar-refractivity contribution in [2.75, 3.05) is 0 Å². The molecule has 3 N–H and O–H groups in total. The third kappa shape index (κ3) is 1.51. The molecule has 0 spiro atoms. The fraction of sp³-hybridized carbons (Fsp3) is 0.667. The summed E-state index contributed by atoms with van der Waals surface area (Å²) >= 11 is 1.39. The maximum Gasteiger partial charge on any atom is 0.234 e. The van der Waals surface area contributed by atoms with Crippen LogP contribution in [0.5, 0.6) is 0 Å². The zero-order chi connectivity index (χ0) is 11.3. The molecule has 0 radical (unpaired) electrons. The van der Waals surface area contributed by atoms with Crippen molar-refractivity contribution in [3.63, 3.8) is 0 Å². The van der Waals surface area contributed by atoms with Gasteiger partial charge >= 0.3 is 0 Å². The molecule has 6 nitrogen and oxygen atoms in total. The lowest BCUT2D eigenvalue weighted by atomic mass is 10.2.